The third-order valence-electron chi connectivity index (χ3n) is 17.4. The van der Waals surface area contributed by atoms with Gasteiger partial charge < -0.3 is 110 Å². The van der Waals surface area contributed by atoms with E-state index in [2.05, 4.69) is 77.3 Å². The quantitative estimate of drug-likeness (QED) is 0.0238. The Balaban J connectivity index is 2.17. The minimum absolute atomic E-state index is 0.00384. The maximum Gasteiger partial charge on any atom is 0.329 e. The number of rotatable bonds is 33. The van der Waals surface area contributed by atoms with Crippen LogP contribution in [0.1, 0.15) is 157 Å². The Morgan fingerprint density at radius 2 is 1.06 bits per heavy atom. The van der Waals surface area contributed by atoms with Gasteiger partial charge in [0.05, 0.1) is 38.8 Å². The van der Waals surface area contributed by atoms with Gasteiger partial charge >= 0.3 is 35.8 Å². The minimum Gasteiger partial charge on any atom is -0.481 e. The average molecular weight is 1540 g/mol. The largest absolute Gasteiger partial charge is 0.481 e. The molecule has 1 aliphatic rings. The van der Waals surface area contributed by atoms with Crippen molar-refractivity contribution in [3.63, 3.8) is 0 Å². The topological polar surface area (TPSA) is 650 Å². The number of carbonyl (C=O) groups excluding carboxylic acids is 15. The number of nitrogens with two attached hydrogens (primary N) is 1. The van der Waals surface area contributed by atoms with Crippen LogP contribution in [0.15, 0.2) is 30.5 Å². The summed E-state index contributed by atoms with van der Waals surface area (Å²) in [5, 5.41) is 77.8. The van der Waals surface area contributed by atoms with Crippen LogP contribution in [0.2, 0.25) is 0 Å². The van der Waals surface area contributed by atoms with E-state index >= 15 is 0 Å². The number of carboxylic acids is 5. The zero-order valence-electron chi connectivity index (χ0n) is 61.3. The Morgan fingerprint density at radius 1 is 0.523 bits per heavy atom. The zero-order valence-corrected chi connectivity index (χ0v) is 61.3. The predicted molar refractivity (Wildman–Crippen MR) is 377 cm³/mol. The van der Waals surface area contributed by atoms with Crippen molar-refractivity contribution in [2.75, 3.05) is 13.1 Å². The van der Waals surface area contributed by atoms with E-state index in [0.717, 1.165) is 46.5 Å². The van der Waals surface area contributed by atoms with Gasteiger partial charge in [0.1, 0.15) is 72.6 Å². The van der Waals surface area contributed by atoms with E-state index in [1.807, 2.05) is 10.6 Å². The first kappa shape index (κ1) is 91.4. The fraction of sp³-hybridized carbons (Fsp3) is 0.588. The summed E-state index contributed by atoms with van der Waals surface area (Å²) >= 11 is 0. The summed E-state index contributed by atoms with van der Waals surface area (Å²) in [6, 6.07) is -14.5. The number of carbonyl (C=O) groups is 20. The molecule has 0 radical (unpaired) electrons. The Labute approximate surface area is 624 Å². The third-order valence-corrected chi connectivity index (χ3v) is 17.4. The molecule has 14 atom stereocenters. The van der Waals surface area contributed by atoms with Gasteiger partial charge in [-0.2, -0.15) is 0 Å². The first-order valence-electron chi connectivity index (χ1n) is 35.2. The molecule has 1 aliphatic heterocycles. The SMILES string of the molecule is CCC(C)CCCCCCC(=O)NC(Cc1c[nH]c2ccccc12)C(=O)NC(CCC(=O)O)C(=O)NC(CC(=O)O)C(=O)NC1C(=O)NCC(=O)NC(C)C(=O)NC(CC(=O)O)C(=O)NC(C)C(=O)NC(CC(=O)O)C(=O)NCC(=O)NC(CC(N)=O)C(=O)NC(CCC(=O)O)C(=O)NC(C(C)CC)C(=O)OC1C. The molecule has 1 aromatic heterocycles. The molecule has 1 fully saturated rings. The minimum atomic E-state index is -2.31. The lowest BCUT2D eigenvalue weighted by molar-refractivity contribution is -0.157. The molecule has 3 rings (SSSR count). The highest BCUT2D eigenvalue weighted by Gasteiger charge is 2.40. The molecule has 2 heterocycles. The molecular formula is C68H99N15O26. The summed E-state index contributed by atoms with van der Waals surface area (Å²) < 4.78 is 5.68. The number of unbranched alkanes of at least 4 members (excludes halogenated alkanes) is 3. The third kappa shape index (κ3) is 32.8. The molecule has 1 saturated heterocycles. The van der Waals surface area contributed by atoms with Crippen molar-refractivity contribution in [2.45, 2.75) is 230 Å². The Kier molecular flexibility index (Phi) is 38.2. The number of aromatic nitrogens is 1. The number of fused-ring (bicyclic) bond motifs is 1. The number of nitrogens with one attached hydrogen (secondary N) is 14. The number of esters is 1. The van der Waals surface area contributed by atoms with Gasteiger partial charge in [-0.3, -0.25) is 91.1 Å². The van der Waals surface area contributed by atoms with Gasteiger partial charge in [-0.15, -0.1) is 0 Å². The molecule has 602 valence electrons. The van der Waals surface area contributed by atoms with Crippen molar-refractivity contribution in [3.05, 3.63) is 36.0 Å². The number of aromatic amines is 1. The van der Waals surface area contributed by atoms with Crippen molar-refractivity contribution < 1.29 is 126 Å². The zero-order chi connectivity index (χ0) is 81.9. The second-order valence-electron chi connectivity index (χ2n) is 26.4. The normalized spacial score (nSPS) is 22.0. The second-order valence-corrected chi connectivity index (χ2v) is 26.4. The molecule has 0 saturated carbocycles. The molecule has 0 bridgehead atoms. The van der Waals surface area contributed by atoms with E-state index in [1.165, 1.54) is 13.8 Å². The molecule has 14 amide bonds. The number of hydrogen-bond acceptors (Lipinski definition) is 21. The highest BCUT2D eigenvalue weighted by Crippen LogP contribution is 2.21. The number of ether oxygens (including phenoxy) is 1. The molecular weight excluding hydrogens is 1440 g/mol. The summed E-state index contributed by atoms with van der Waals surface area (Å²) in [6.45, 7) is 7.74. The second kappa shape index (κ2) is 45.6. The van der Waals surface area contributed by atoms with Crippen molar-refractivity contribution in [1.29, 1.82) is 0 Å². The number of aliphatic carboxylic acids is 5. The summed E-state index contributed by atoms with van der Waals surface area (Å²) in [5.41, 5.74) is 6.56. The first-order chi connectivity index (χ1) is 51.2. The highest BCUT2D eigenvalue weighted by molar-refractivity contribution is 6.02. The molecule has 109 heavy (non-hydrogen) atoms. The van der Waals surface area contributed by atoms with Crippen LogP contribution in [0.25, 0.3) is 10.9 Å². The van der Waals surface area contributed by atoms with Crippen LogP contribution in [0.5, 0.6) is 0 Å². The van der Waals surface area contributed by atoms with Gasteiger partial charge in [-0.1, -0.05) is 84.4 Å². The van der Waals surface area contributed by atoms with Crippen molar-refractivity contribution >= 4 is 129 Å². The fourth-order valence-electron chi connectivity index (χ4n) is 10.8. The lowest BCUT2D eigenvalue weighted by Gasteiger charge is -2.30. The number of benzene rings is 1. The van der Waals surface area contributed by atoms with Gasteiger partial charge in [0.2, 0.25) is 82.7 Å². The van der Waals surface area contributed by atoms with Crippen LogP contribution in [0.4, 0.5) is 0 Å². The number of hydrogen-bond donors (Lipinski definition) is 20. The van der Waals surface area contributed by atoms with Gasteiger partial charge in [0.25, 0.3) is 0 Å². The van der Waals surface area contributed by atoms with Crippen molar-refractivity contribution in [3.8, 4) is 0 Å². The van der Waals surface area contributed by atoms with E-state index < -0.39 is 261 Å². The van der Waals surface area contributed by atoms with Gasteiger partial charge in [-0.05, 0) is 63.5 Å². The van der Waals surface area contributed by atoms with E-state index in [1.54, 1.807) is 30.5 Å². The van der Waals surface area contributed by atoms with Gasteiger partial charge in [-0.25, -0.2) is 4.79 Å². The Bertz CT molecular complexity index is 3660. The highest BCUT2D eigenvalue weighted by atomic mass is 16.5. The molecule has 21 N–H and O–H groups in total. The number of cyclic esters (lactones) is 1. The number of para-hydroxylation sites is 1. The number of carboxylic acid groups (broad SMARTS) is 5. The van der Waals surface area contributed by atoms with E-state index in [4.69, 9.17) is 10.5 Å². The lowest BCUT2D eigenvalue weighted by atomic mass is 9.98. The summed E-state index contributed by atoms with van der Waals surface area (Å²) in [5.74, 6) is -28.1. The van der Waals surface area contributed by atoms with Crippen molar-refractivity contribution in [2.24, 2.45) is 17.6 Å². The summed E-state index contributed by atoms with van der Waals surface area (Å²) in [4.78, 5) is 270. The number of amides is 14. The van der Waals surface area contributed by atoms with E-state index in [0.29, 0.717) is 35.2 Å². The van der Waals surface area contributed by atoms with Crippen LogP contribution >= 0.6 is 0 Å². The molecule has 1 aromatic carbocycles. The molecule has 2 aromatic rings. The van der Waals surface area contributed by atoms with E-state index in [9.17, 15) is 121 Å². The molecule has 0 spiro atoms. The molecule has 41 heteroatoms. The van der Waals surface area contributed by atoms with Crippen LogP contribution in [-0.2, 0) is 107 Å². The maximum atomic E-state index is 14.6. The summed E-state index contributed by atoms with van der Waals surface area (Å²) in [6.07, 6.45) is -3.63. The summed E-state index contributed by atoms with van der Waals surface area (Å²) in [7, 11) is 0. The van der Waals surface area contributed by atoms with Crippen LogP contribution < -0.4 is 74.9 Å². The first-order valence-corrected chi connectivity index (χ1v) is 35.2. The van der Waals surface area contributed by atoms with Crippen LogP contribution in [0.3, 0.4) is 0 Å². The average Bonchev–Trinajstić information content (AvgIpc) is 1.64. The van der Waals surface area contributed by atoms with Crippen LogP contribution in [-0.4, -0.2) is 235 Å². The van der Waals surface area contributed by atoms with Gasteiger partial charge in [0.15, 0.2) is 0 Å². The maximum absolute atomic E-state index is 14.6. The van der Waals surface area contributed by atoms with Crippen LogP contribution in [0, 0.1) is 11.8 Å². The Hall–Kier alpha value is -11.8. The lowest BCUT2D eigenvalue weighted by Crippen LogP contribution is -2.61. The molecule has 0 aliphatic carbocycles. The van der Waals surface area contributed by atoms with E-state index in [-0.39, 0.29) is 19.3 Å². The standard InChI is InChI=1S/C68H99N15O26/c1-8-32(3)16-12-10-11-13-19-48(85)75-42(24-37-29-70-39-18-15-14-17-38(37)39)64(104)77-40(20-22-51(88)89)61(101)81-46(28-55(96)97)66(106)83-57-36(7)109-68(108)56(33(4)9-2)82-62(102)41(21-23-52(90)91)78-65(105)43(25-47(69)84)76-50(87)31-71-60(100)44(26-53(92)93)79-59(99)35(6)74-63(103)45(27-54(94)95)80-58(98)34(5)73-49(86)30-72-67(57)107/h14-15,17-18,29,32-36,40-46,56-57,70H,8-13,16,19-28,30-31H2,1-7H3,(H2,69,84)(H,71,100)(H,72,107)(H,73,86)(H,74,103)(H,75,85)(H,76,87)(H,77,104)(H,78,105)(H,79,99)(H,80,98)(H,81,101)(H,82,102)(H,83,106)(H,88,89)(H,90,91)(H,92,93)(H,94,95)(H,96,97). The molecule has 41 nitrogen and oxygen atoms in total. The number of H-pyrrole nitrogens is 1. The number of primary amides is 1. The molecule has 14 unspecified atom stereocenters. The Morgan fingerprint density at radius 3 is 1.64 bits per heavy atom. The smallest absolute Gasteiger partial charge is 0.329 e. The van der Waals surface area contributed by atoms with Crippen molar-refractivity contribution in [1.82, 2.24) is 74.1 Å². The predicted octanol–water partition coefficient (Wildman–Crippen LogP) is -4.28. The fourth-order valence-corrected chi connectivity index (χ4v) is 10.8. The van der Waals surface area contributed by atoms with Gasteiger partial charge in [0, 0.05) is 42.8 Å². The monoisotopic (exact) mass is 1540 g/mol.